The lowest BCUT2D eigenvalue weighted by Gasteiger charge is -2.37. The van der Waals surface area contributed by atoms with Crippen molar-refractivity contribution in [2.45, 2.75) is 32.4 Å². The number of nitrogens with one attached hydrogen (secondary N) is 1. The molecule has 1 N–H and O–H groups in total. The summed E-state index contributed by atoms with van der Waals surface area (Å²) >= 11 is 0. The third-order valence-electron chi connectivity index (χ3n) is 4.02. The Kier molecular flexibility index (Phi) is 3.56. The van der Waals surface area contributed by atoms with Gasteiger partial charge in [0.2, 0.25) is 0 Å². The number of alkyl halides is 2. The van der Waals surface area contributed by atoms with Gasteiger partial charge in [-0.1, -0.05) is 24.3 Å². The topological polar surface area (TPSA) is 49.0 Å². The zero-order valence-corrected chi connectivity index (χ0v) is 12.4. The van der Waals surface area contributed by atoms with Crippen molar-refractivity contribution in [2.24, 2.45) is 0 Å². The second-order valence-corrected chi connectivity index (χ2v) is 5.71. The number of aromatic nitrogens is 2. The summed E-state index contributed by atoms with van der Waals surface area (Å²) in [6, 6.07) is 7.57. The minimum absolute atomic E-state index is 0.0872. The van der Waals surface area contributed by atoms with E-state index in [0.717, 1.165) is 0 Å². The average molecular weight is 305 g/mol. The van der Waals surface area contributed by atoms with Crippen molar-refractivity contribution in [3.63, 3.8) is 0 Å². The van der Waals surface area contributed by atoms with Gasteiger partial charge in [0.05, 0.1) is 12.6 Å². The number of fused-ring (bicyclic) bond motifs is 1. The Labute approximate surface area is 126 Å². The molecule has 116 valence electrons. The molecule has 4 nitrogen and oxygen atoms in total. The first-order chi connectivity index (χ1) is 10.4. The fraction of sp³-hybridized carbons (Fsp3) is 0.375. The molecule has 1 aliphatic heterocycles. The number of halogens is 2. The van der Waals surface area contributed by atoms with Gasteiger partial charge in [0.25, 0.3) is 11.5 Å². The SMILES string of the molecule is Cc1cc(=O)[nH]c(C(C)N2Cc3ccccc3C(F)(F)C2)n1. The molecule has 0 spiro atoms. The monoisotopic (exact) mass is 305 g/mol. The van der Waals surface area contributed by atoms with Gasteiger partial charge in [0.1, 0.15) is 5.82 Å². The highest BCUT2D eigenvalue weighted by molar-refractivity contribution is 5.33. The van der Waals surface area contributed by atoms with Gasteiger partial charge in [-0.15, -0.1) is 0 Å². The number of hydrogen-bond donors (Lipinski definition) is 1. The van der Waals surface area contributed by atoms with Crippen LogP contribution in [0.1, 0.15) is 35.6 Å². The Morgan fingerprint density at radius 3 is 2.82 bits per heavy atom. The highest BCUT2D eigenvalue weighted by atomic mass is 19.3. The van der Waals surface area contributed by atoms with E-state index < -0.39 is 12.0 Å². The van der Waals surface area contributed by atoms with Crippen molar-refractivity contribution < 1.29 is 8.78 Å². The normalized spacial score (nSPS) is 18.7. The maximum absolute atomic E-state index is 14.3. The zero-order valence-electron chi connectivity index (χ0n) is 12.4. The molecule has 3 rings (SSSR count). The third-order valence-corrected chi connectivity index (χ3v) is 4.02. The van der Waals surface area contributed by atoms with Crippen molar-refractivity contribution >= 4 is 0 Å². The lowest BCUT2D eigenvalue weighted by molar-refractivity contribution is -0.0632. The van der Waals surface area contributed by atoms with Crippen molar-refractivity contribution in [2.75, 3.05) is 6.54 Å². The second kappa shape index (κ2) is 5.28. The maximum Gasteiger partial charge on any atom is 0.285 e. The molecule has 2 aromatic rings. The summed E-state index contributed by atoms with van der Waals surface area (Å²) in [5.41, 5.74) is 1.01. The smallest absolute Gasteiger partial charge is 0.285 e. The van der Waals surface area contributed by atoms with Crippen LogP contribution in [0, 0.1) is 6.92 Å². The van der Waals surface area contributed by atoms with Crippen LogP contribution in [0.25, 0.3) is 0 Å². The Morgan fingerprint density at radius 2 is 2.09 bits per heavy atom. The molecule has 0 saturated carbocycles. The first kappa shape index (κ1) is 14.8. The van der Waals surface area contributed by atoms with E-state index in [0.29, 0.717) is 23.6 Å². The van der Waals surface area contributed by atoms with Crippen LogP contribution in [-0.4, -0.2) is 21.4 Å². The minimum atomic E-state index is -2.91. The molecule has 0 amide bonds. The van der Waals surface area contributed by atoms with Crippen molar-refractivity contribution in [3.05, 3.63) is 63.3 Å². The molecule has 6 heteroatoms. The molecular formula is C16H17F2N3O. The summed E-state index contributed by atoms with van der Waals surface area (Å²) in [6.45, 7) is 3.51. The van der Waals surface area contributed by atoms with Crippen LogP contribution in [0.5, 0.6) is 0 Å². The van der Waals surface area contributed by atoms with Crippen LogP contribution in [0.2, 0.25) is 0 Å². The first-order valence-corrected chi connectivity index (χ1v) is 7.15. The number of H-pyrrole nitrogens is 1. The molecule has 0 aliphatic carbocycles. The lowest BCUT2D eigenvalue weighted by atomic mass is 9.95. The number of nitrogens with zero attached hydrogens (tertiary/aromatic N) is 2. The second-order valence-electron chi connectivity index (χ2n) is 5.71. The van der Waals surface area contributed by atoms with Gasteiger partial charge in [-0.2, -0.15) is 8.78 Å². The molecule has 0 bridgehead atoms. The van der Waals surface area contributed by atoms with Crippen LogP contribution >= 0.6 is 0 Å². The first-order valence-electron chi connectivity index (χ1n) is 7.15. The Balaban J connectivity index is 1.95. The molecule has 1 aromatic heterocycles. The van der Waals surface area contributed by atoms with Crippen LogP contribution < -0.4 is 5.56 Å². The minimum Gasteiger partial charge on any atom is -0.309 e. The molecule has 2 heterocycles. The van der Waals surface area contributed by atoms with Gasteiger partial charge in [-0.3, -0.25) is 9.69 Å². The van der Waals surface area contributed by atoms with Gasteiger partial charge in [-0.05, 0) is 19.4 Å². The van der Waals surface area contributed by atoms with Gasteiger partial charge in [-0.25, -0.2) is 4.98 Å². The third kappa shape index (κ3) is 2.66. The van der Waals surface area contributed by atoms with E-state index in [9.17, 15) is 13.6 Å². The molecule has 0 saturated heterocycles. The van der Waals surface area contributed by atoms with Gasteiger partial charge >= 0.3 is 0 Å². The molecule has 1 unspecified atom stereocenters. The molecule has 0 radical (unpaired) electrons. The van der Waals surface area contributed by atoms with Gasteiger partial charge in [0, 0.05) is 23.9 Å². The van der Waals surface area contributed by atoms with Crippen LogP contribution in [0.3, 0.4) is 0 Å². The lowest BCUT2D eigenvalue weighted by Crippen LogP contribution is -2.42. The molecule has 1 atom stereocenters. The van der Waals surface area contributed by atoms with E-state index in [-0.39, 0.29) is 17.7 Å². The quantitative estimate of drug-likeness (QED) is 0.928. The van der Waals surface area contributed by atoms with E-state index >= 15 is 0 Å². The number of hydrogen-bond acceptors (Lipinski definition) is 3. The predicted octanol–water partition coefficient (Wildman–Crippen LogP) is 2.75. The van der Waals surface area contributed by atoms with E-state index in [1.807, 2.05) is 0 Å². The molecular weight excluding hydrogens is 288 g/mol. The standard InChI is InChI=1S/C16H17F2N3O/c1-10-7-14(22)20-15(19-10)11(2)21-8-12-5-3-4-6-13(12)16(17,18)9-21/h3-7,11H,8-9H2,1-2H3,(H,19,20,22). The Bertz CT molecular complexity index is 757. The summed E-state index contributed by atoms with van der Waals surface area (Å²) < 4.78 is 28.7. The summed E-state index contributed by atoms with van der Waals surface area (Å²) in [6.07, 6.45) is 0. The number of benzene rings is 1. The van der Waals surface area contributed by atoms with E-state index in [2.05, 4.69) is 9.97 Å². The van der Waals surface area contributed by atoms with E-state index in [1.54, 1.807) is 36.9 Å². The fourth-order valence-electron chi connectivity index (χ4n) is 2.88. The average Bonchev–Trinajstić information content (AvgIpc) is 2.44. The number of rotatable bonds is 2. The summed E-state index contributed by atoms with van der Waals surface area (Å²) in [7, 11) is 0. The summed E-state index contributed by atoms with van der Waals surface area (Å²) in [5, 5.41) is 0. The Morgan fingerprint density at radius 1 is 1.36 bits per heavy atom. The van der Waals surface area contributed by atoms with Gasteiger partial charge < -0.3 is 4.98 Å². The van der Waals surface area contributed by atoms with Crippen molar-refractivity contribution in [3.8, 4) is 0 Å². The summed E-state index contributed by atoms with van der Waals surface area (Å²) in [5.74, 6) is -2.49. The van der Waals surface area contributed by atoms with Crippen molar-refractivity contribution in [1.29, 1.82) is 0 Å². The largest absolute Gasteiger partial charge is 0.309 e. The summed E-state index contributed by atoms with van der Waals surface area (Å²) in [4.78, 5) is 20.1. The zero-order chi connectivity index (χ0) is 15.9. The predicted molar refractivity (Wildman–Crippen MR) is 78.8 cm³/mol. The highest BCUT2D eigenvalue weighted by Crippen LogP contribution is 2.38. The number of aryl methyl sites for hydroxylation is 1. The molecule has 22 heavy (non-hydrogen) atoms. The van der Waals surface area contributed by atoms with Crippen LogP contribution in [0.15, 0.2) is 35.1 Å². The Hall–Kier alpha value is -2.08. The molecule has 1 aromatic carbocycles. The molecule has 1 aliphatic rings. The van der Waals surface area contributed by atoms with Crippen molar-refractivity contribution in [1.82, 2.24) is 14.9 Å². The highest BCUT2D eigenvalue weighted by Gasteiger charge is 2.41. The van der Waals surface area contributed by atoms with Crippen LogP contribution in [-0.2, 0) is 12.5 Å². The number of aromatic amines is 1. The fourth-order valence-corrected chi connectivity index (χ4v) is 2.88. The maximum atomic E-state index is 14.3. The van der Waals surface area contributed by atoms with E-state index in [1.165, 1.54) is 12.1 Å². The van der Waals surface area contributed by atoms with Gasteiger partial charge in [0.15, 0.2) is 0 Å². The van der Waals surface area contributed by atoms with E-state index in [4.69, 9.17) is 0 Å². The molecule has 0 fully saturated rings. The van der Waals surface area contributed by atoms with Crippen LogP contribution in [0.4, 0.5) is 8.78 Å².